The number of carboxylic acids is 1. The van der Waals surface area contributed by atoms with Gasteiger partial charge in [-0.05, 0) is 75.0 Å². The van der Waals surface area contributed by atoms with Crippen molar-refractivity contribution < 1.29 is 31.5 Å². The van der Waals surface area contributed by atoms with Gasteiger partial charge in [0, 0.05) is 0 Å². The zero-order chi connectivity index (χ0) is 23.7. The van der Waals surface area contributed by atoms with E-state index >= 15 is 0 Å². The van der Waals surface area contributed by atoms with E-state index in [1.54, 1.807) is 6.08 Å². The normalized spacial score (nSPS) is 34.9. The van der Waals surface area contributed by atoms with Crippen LogP contribution < -0.4 is 0 Å². The minimum absolute atomic E-state index is 0.0168. The molecule has 0 heterocycles. The second-order valence-corrected chi connectivity index (χ2v) is 15.1. The predicted molar refractivity (Wildman–Crippen MR) is 120 cm³/mol. The summed E-state index contributed by atoms with van der Waals surface area (Å²) in [4.78, 5) is 24.9. The van der Waals surface area contributed by atoms with E-state index in [1.807, 2.05) is 13.8 Å². The van der Waals surface area contributed by atoms with Crippen molar-refractivity contribution in [2.75, 3.05) is 11.5 Å². The molecular formula is C22H35NO7S2. The van der Waals surface area contributed by atoms with Crippen LogP contribution in [0.4, 0.5) is 0 Å². The monoisotopic (exact) mass is 489 g/mol. The number of rotatable bonds is 8. The van der Waals surface area contributed by atoms with Crippen molar-refractivity contribution in [3.05, 3.63) is 0 Å². The van der Waals surface area contributed by atoms with E-state index in [4.69, 9.17) is 5.11 Å². The smallest absolute Gasteiger partial charge is 0.306 e. The van der Waals surface area contributed by atoms with Gasteiger partial charge in [0.1, 0.15) is 0 Å². The van der Waals surface area contributed by atoms with Crippen LogP contribution >= 0.6 is 0 Å². The Balaban J connectivity index is 0.000000181. The number of nitrogens with zero attached hydrogens (tertiary/aromatic N) is 1. The molecule has 182 valence electrons. The fraction of sp³-hybridized carbons (Fsp3) is 0.909. The Morgan fingerprint density at radius 1 is 0.844 bits per heavy atom. The molecule has 0 radical (unpaired) electrons. The van der Waals surface area contributed by atoms with Gasteiger partial charge in [-0.2, -0.15) is 0 Å². The molecule has 32 heavy (non-hydrogen) atoms. The molecule has 1 N–H and O–H groups in total. The van der Waals surface area contributed by atoms with E-state index in [0.29, 0.717) is 12.3 Å². The third kappa shape index (κ3) is 6.64. The maximum absolute atomic E-state index is 11.8. The molecule has 0 aromatic carbocycles. The van der Waals surface area contributed by atoms with Crippen molar-refractivity contribution >= 4 is 31.7 Å². The quantitative estimate of drug-likeness (QED) is 0.409. The van der Waals surface area contributed by atoms with Gasteiger partial charge in [-0.25, -0.2) is 26.6 Å². The zero-order valence-electron chi connectivity index (χ0n) is 18.9. The summed E-state index contributed by atoms with van der Waals surface area (Å²) in [7, 11) is -5.81. The van der Waals surface area contributed by atoms with E-state index in [-0.39, 0.29) is 51.7 Å². The summed E-state index contributed by atoms with van der Waals surface area (Å²) < 4.78 is 47.2. The van der Waals surface area contributed by atoms with Crippen molar-refractivity contribution in [1.29, 1.82) is 0 Å². The summed E-state index contributed by atoms with van der Waals surface area (Å²) in [6.45, 7) is 3.93. The van der Waals surface area contributed by atoms with Gasteiger partial charge in [0.15, 0.2) is 19.7 Å². The maximum atomic E-state index is 11.8. The maximum Gasteiger partial charge on any atom is 0.306 e. The summed E-state index contributed by atoms with van der Waals surface area (Å²) in [5.41, 5.74) is 0. The Labute approximate surface area is 191 Å². The van der Waals surface area contributed by atoms with Gasteiger partial charge < -0.3 is 5.11 Å². The second-order valence-electron chi connectivity index (χ2n) is 10.4. The lowest BCUT2D eigenvalue weighted by molar-refractivity contribution is -0.142. The lowest BCUT2D eigenvalue weighted by Crippen LogP contribution is -2.19. The molecule has 8 nitrogen and oxygen atoms in total. The number of aliphatic carboxylic acids is 1. The summed E-state index contributed by atoms with van der Waals surface area (Å²) in [6, 6.07) is -0.0168. The number of aliphatic imine (C=N–C) groups is 1. The van der Waals surface area contributed by atoms with Gasteiger partial charge in [-0.15, -0.1) is 0 Å². The first kappa shape index (κ1) is 25.4. The lowest BCUT2D eigenvalue weighted by atomic mass is 9.99. The van der Waals surface area contributed by atoms with Gasteiger partial charge in [0.25, 0.3) is 0 Å². The van der Waals surface area contributed by atoms with Crippen LogP contribution in [0.3, 0.4) is 0 Å². The Morgan fingerprint density at radius 2 is 1.31 bits per heavy atom. The second kappa shape index (κ2) is 9.94. The molecule has 0 amide bonds. The van der Waals surface area contributed by atoms with Gasteiger partial charge in [0.05, 0.1) is 34.0 Å². The molecular weight excluding hydrogens is 454 g/mol. The SMILES string of the molecule is CC1CC(CS(=O)(=O)C2CC2)CC1C(=O)O.CC1CC(CS(=O)(=O)C2CC2)CC1N=C=O. The van der Waals surface area contributed by atoms with Crippen molar-refractivity contribution in [3.63, 3.8) is 0 Å². The van der Waals surface area contributed by atoms with Gasteiger partial charge in [0.2, 0.25) is 6.08 Å². The number of carbonyl (C=O) groups is 1. The largest absolute Gasteiger partial charge is 0.481 e. The molecule has 0 aliphatic heterocycles. The average molecular weight is 490 g/mol. The summed E-state index contributed by atoms with van der Waals surface area (Å²) >= 11 is 0. The van der Waals surface area contributed by atoms with Gasteiger partial charge in [-0.3, -0.25) is 4.79 Å². The van der Waals surface area contributed by atoms with Crippen LogP contribution in [0, 0.1) is 29.6 Å². The number of sulfone groups is 2. The third-order valence-electron chi connectivity index (χ3n) is 7.45. The highest BCUT2D eigenvalue weighted by Crippen LogP contribution is 2.40. The van der Waals surface area contributed by atoms with Crippen LogP contribution in [-0.2, 0) is 29.3 Å². The van der Waals surface area contributed by atoms with Crippen LogP contribution in [-0.4, -0.2) is 62.0 Å². The summed E-state index contributed by atoms with van der Waals surface area (Å²) in [5.74, 6) is 0.0129. The van der Waals surface area contributed by atoms with Crippen molar-refractivity contribution in [3.8, 4) is 0 Å². The van der Waals surface area contributed by atoms with Crippen molar-refractivity contribution in [1.82, 2.24) is 0 Å². The van der Waals surface area contributed by atoms with Crippen LogP contribution in [0.1, 0.15) is 65.2 Å². The Kier molecular flexibility index (Phi) is 7.88. The fourth-order valence-electron chi connectivity index (χ4n) is 5.38. The Bertz CT molecular complexity index is 883. The molecule has 0 saturated heterocycles. The molecule has 0 aromatic heterocycles. The molecule has 0 spiro atoms. The summed E-state index contributed by atoms with van der Waals surface area (Å²) in [5, 5.41) is 8.78. The van der Waals surface area contributed by atoms with E-state index in [2.05, 4.69) is 4.99 Å². The molecule has 10 heteroatoms. The predicted octanol–water partition coefficient (Wildman–Crippen LogP) is 2.62. The molecule has 4 fully saturated rings. The minimum Gasteiger partial charge on any atom is -0.481 e. The first-order valence-electron chi connectivity index (χ1n) is 11.7. The van der Waals surface area contributed by atoms with Crippen LogP contribution in [0.15, 0.2) is 4.99 Å². The number of hydrogen-bond donors (Lipinski definition) is 1. The molecule has 4 aliphatic carbocycles. The first-order chi connectivity index (χ1) is 14.9. The standard InChI is InChI=1S/C11H17NO3S.C11H18O4S/c1-8-4-9(5-11(8)12-7-13)6-16(14,15)10-2-3-10;1-7-4-8(5-10(7)11(12)13)6-16(14,15)9-2-3-9/h8-11H,2-6H2,1H3;7-10H,2-6H2,1H3,(H,12,13). The van der Waals surface area contributed by atoms with Crippen LogP contribution in [0.25, 0.3) is 0 Å². The highest BCUT2D eigenvalue weighted by Gasteiger charge is 2.42. The van der Waals surface area contributed by atoms with Crippen molar-refractivity contribution in [2.45, 2.75) is 81.8 Å². The molecule has 4 saturated carbocycles. The van der Waals surface area contributed by atoms with E-state index < -0.39 is 25.6 Å². The molecule has 6 unspecified atom stereocenters. The van der Waals surface area contributed by atoms with Crippen molar-refractivity contribution in [2.24, 2.45) is 34.6 Å². The lowest BCUT2D eigenvalue weighted by Gasteiger charge is -2.09. The molecule has 0 aromatic rings. The topological polar surface area (TPSA) is 135 Å². The number of carbonyl (C=O) groups excluding carboxylic acids is 1. The minimum atomic E-state index is -2.94. The molecule has 4 aliphatic rings. The Morgan fingerprint density at radius 3 is 1.72 bits per heavy atom. The number of hydrogen-bond acceptors (Lipinski definition) is 7. The van der Waals surface area contributed by atoms with Crippen LogP contribution in [0.5, 0.6) is 0 Å². The molecule has 6 atom stereocenters. The number of isocyanates is 1. The fourth-order valence-corrected chi connectivity index (χ4v) is 9.49. The number of carboxylic acid groups (broad SMARTS) is 1. The van der Waals surface area contributed by atoms with E-state index in [0.717, 1.165) is 44.9 Å². The van der Waals surface area contributed by atoms with Gasteiger partial charge in [-0.1, -0.05) is 13.8 Å². The van der Waals surface area contributed by atoms with Crippen LogP contribution in [0.2, 0.25) is 0 Å². The average Bonchev–Trinajstić information content (AvgIpc) is 3.58. The third-order valence-corrected chi connectivity index (χ3v) is 12.3. The van der Waals surface area contributed by atoms with E-state index in [1.165, 1.54) is 0 Å². The molecule has 4 rings (SSSR count). The highest BCUT2D eigenvalue weighted by molar-refractivity contribution is 7.92. The zero-order valence-corrected chi connectivity index (χ0v) is 20.5. The van der Waals surface area contributed by atoms with E-state index in [9.17, 15) is 26.4 Å². The van der Waals surface area contributed by atoms with Gasteiger partial charge >= 0.3 is 5.97 Å². The highest BCUT2D eigenvalue weighted by atomic mass is 32.2. The summed E-state index contributed by atoms with van der Waals surface area (Å²) in [6.07, 6.45) is 7.71. The first-order valence-corrected chi connectivity index (χ1v) is 15.1. The molecule has 0 bridgehead atoms. The Hall–Kier alpha value is -1.25.